The summed E-state index contributed by atoms with van der Waals surface area (Å²) in [7, 11) is 3.86. The van der Waals surface area contributed by atoms with Crippen LogP contribution in [-0.2, 0) is 6.61 Å². The van der Waals surface area contributed by atoms with Gasteiger partial charge >= 0.3 is 0 Å². The molecule has 2 aromatic heterocycles. The van der Waals surface area contributed by atoms with E-state index in [1.54, 1.807) is 13.1 Å². The van der Waals surface area contributed by atoms with Crippen LogP contribution >= 0.6 is 0 Å². The maximum absolute atomic E-state index is 9.26. The maximum Gasteiger partial charge on any atom is 0.139 e. The lowest BCUT2D eigenvalue weighted by molar-refractivity contribution is 0.278. The van der Waals surface area contributed by atoms with E-state index >= 15 is 0 Å². The van der Waals surface area contributed by atoms with Crippen LogP contribution in [0.25, 0.3) is 11.3 Å². The van der Waals surface area contributed by atoms with Gasteiger partial charge in [0.2, 0.25) is 0 Å². The zero-order valence-electron chi connectivity index (χ0n) is 10.1. The largest absolute Gasteiger partial charge is 0.391 e. The van der Waals surface area contributed by atoms with Crippen molar-refractivity contribution in [2.75, 3.05) is 19.0 Å². The van der Waals surface area contributed by atoms with Gasteiger partial charge in [-0.2, -0.15) is 0 Å². The number of hydrogen-bond donors (Lipinski definition) is 1. The molecule has 0 saturated carbocycles. The van der Waals surface area contributed by atoms with Gasteiger partial charge < -0.3 is 14.5 Å². The van der Waals surface area contributed by atoms with Crippen molar-refractivity contribution in [2.24, 2.45) is 0 Å². The molecular weight excluding hydrogens is 218 g/mol. The summed E-state index contributed by atoms with van der Waals surface area (Å²) in [6.45, 7) is 1.70. The zero-order valence-corrected chi connectivity index (χ0v) is 10.1. The van der Waals surface area contributed by atoms with Crippen molar-refractivity contribution in [2.45, 2.75) is 13.5 Å². The Morgan fingerprint density at radius 2 is 2.12 bits per heavy atom. The molecule has 90 valence electrons. The molecule has 0 saturated heterocycles. The van der Waals surface area contributed by atoms with Gasteiger partial charge in [-0.1, -0.05) is 5.16 Å². The van der Waals surface area contributed by atoms with Crippen LogP contribution in [0.4, 0.5) is 5.82 Å². The molecule has 0 bridgehead atoms. The highest BCUT2D eigenvalue weighted by Crippen LogP contribution is 2.25. The highest BCUT2D eigenvalue weighted by atomic mass is 16.5. The number of aryl methyl sites for hydroxylation is 1. The summed E-state index contributed by atoms with van der Waals surface area (Å²) in [5, 5.41) is 13.2. The van der Waals surface area contributed by atoms with E-state index in [9.17, 15) is 5.11 Å². The van der Waals surface area contributed by atoms with Gasteiger partial charge in [-0.25, -0.2) is 4.98 Å². The Kier molecular flexibility index (Phi) is 3.10. The van der Waals surface area contributed by atoms with Gasteiger partial charge in [-0.05, 0) is 19.1 Å². The molecule has 0 unspecified atom stereocenters. The number of nitrogens with zero attached hydrogens (tertiary/aromatic N) is 3. The van der Waals surface area contributed by atoms with Crippen molar-refractivity contribution in [1.29, 1.82) is 0 Å². The minimum Gasteiger partial charge on any atom is -0.391 e. The van der Waals surface area contributed by atoms with Gasteiger partial charge in [-0.15, -0.1) is 0 Å². The first-order valence-electron chi connectivity index (χ1n) is 5.33. The van der Waals surface area contributed by atoms with Crippen LogP contribution in [0.3, 0.4) is 0 Å². The Morgan fingerprint density at radius 1 is 1.35 bits per heavy atom. The summed E-state index contributed by atoms with van der Waals surface area (Å²) >= 11 is 0. The minimum atomic E-state index is -0.0832. The fourth-order valence-electron chi connectivity index (χ4n) is 1.59. The molecule has 0 aliphatic carbocycles. The Balaban J connectivity index is 2.39. The van der Waals surface area contributed by atoms with Crippen LogP contribution in [0.5, 0.6) is 0 Å². The number of anilines is 1. The molecule has 0 atom stereocenters. The van der Waals surface area contributed by atoms with E-state index in [0.717, 1.165) is 11.4 Å². The molecule has 17 heavy (non-hydrogen) atoms. The quantitative estimate of drug-likeness (QED) is 0.872. The van der Waals surface area contributed by atoms with Gasteiger partial charge in [0.15, 0.2) is 0 Å². The summed E-state index contributed by atoms with van der Waals surface area (Å²) < 4.78 is 5.07. The summed E-state index contributed by atoms with van der Waals surface area (Å²) in [5.74, 6) is 1.51. The van der Waals surface area contributed by atoms with E-state index in [1.165, 1.54) is 0 Å². The SMILES string of the molecule is Cc1onc(-c2ccc(N(C)C)nc2)c1CO. The Labute approximate surface area is 99.7 Å². The van der Waals surface area contributed by atoms with Crippen molar-refractivity contribution < 1.29 is 9.63 Å². The molecule has 2 rings (SSSR count). The molecule has 0 aliphatic heterocycles. The molecule has 5 nitrogen and oxygen atoms in total. The Morgan fingerprint density at radius 3 is 2.65 bits per heavy atom. The van der Waals surface area contributed by atoms with Crippen LogP contribution < -0.4 is 4.90 Å². The summed E-state index contributed by atoms with van der Waals surface area (Å²) in [4.78, 5) is 6.22. The van der Waals surface area contributed by atoms with Gasteiger partial charge in [0.25, 0.3) is 0 Å². The molecule has 2 heterocycles. The van der Waals surface area contributed by atoms with Gasteiger partial charge in [-0.3, -0.25) is 0 Å². The van der Waals surface area contributed by atoms with Crippen molar-refractivity contribution in [1.82, 2.24) is 10.1 Å². The zero-order chi connectivity index (χ0) is 12.4. The van der Waals surface area contributed by atoms with E-state index in [2.05, 4.69) is 10.1 Å². The number of aliphatic hydroxyl groups excluding tert-OH is 1. The number of pyridine rings is 1. The van der Waals surface area contributed by atoms with E-state index < -0.39 is 0 Å². The predicted octanol–water partition coefficient (Wildman–Crippen LogP) is 1.60. The third-order valence-corrected chi connectivity index (χ3v) is 2.62. The molecule has 0 aromatic carbocycles. The maximum atomic E-state index is 9.26. The number of rotatable bonds is 3. The van der Waals surface area contributed by atoms with E-state index in [-0.39, 0.29) is 6.61 Å². The first-order chi connectivity index (χ1) is 8.13. The fourth-order valence-corrected chi connectivity index (χ4v) is 1.59. The summed E-state index contributed by atoms with van der Waals surface area (Å²) in [6.07, 6.45) is 1.73. The predicted molar refractivity (Wildman–Crippen MR) is 64.7 cm³/mol. The van der Waals surface area contributed by atoms with Crippen LogP contribution in [0.2, 0.25) is 0 Å². The molecule has 2 aromatic rings. The molecule has 0 fully saturated rings. The van der Waals surface area contributed by atoms with Crippen molar-refractivity contribution >= 4 is 5.82 Å². The van der Waals surface area contributed by atoms with Crippen molar-refractivity contribution in [3.63, 3.8) is 0 Å². The molecule has 0 amide bonds. The molecule has 0 radical (unpaired) electrons. The highest BCUT2D eigenvalue weighted by molar-refractivity contribution is 5.63. The van der Waals surface area contributed by atoms with Crippen LogP contribution in [0.1, 0.15) is 11.3 Å². The number of aromatic nitrogens is 2. The summed E-state index contributed by atoms with van der Waals surface area (Å²) in [5.41, 5.74) is 2.21. The van der Waals surface area contributed by atoms with Crippen molar-refractivity contribution in [3.05, 3.63) is 29.7 Å². The molecule has 0 spiro atoms. The van der Waals surface area contributed by atoms with Crippen molar-refractivity contribution in [3.8, 4) is 11.3 Å². The first kappa shape index (κ1) is 11.6. The topological polar surface area (TPSA) is 62.4 Å². The Hall–Kier alpha value is -1.88. The normalized spacial score (nSPS) is 10.6. The monoisotopic (exact) mass is 233 g/mol. The smallest absolute Gasteiger partial charge is 0.139 e. The van der Waals surface area contributed by atoms with E-state index in [4.69, 9.17) is 4.52 Å². The summed E-state index contributed by atoms with van der Waals surface area (Å²) in [6, 6.07) is 3.82. The van der Waals surface area contributed by atoms with Gasteiger partial charge in [0.05, 0.1) is 6.61 Å². The first-order valence-corrected chi connectivity index (χ1v) is 5.33. The minimum absolute atomic E-state index is 0.0832. The fraction of sp³-hybridized carbons (Fsp3) is 0.333. The molecule has 0 aliphatic rings. The van der Waals surface area contributed by atoms with E-state index in [0.29, 0.717) is 17.0 Å². The second kappa shape index (κ2) is 4.55. The second-order valence-electron chi connectivity index (χ2n) is 4.02. The molecular formula is C12H15N3O2. The molecule has 1 N–H and O–H groups in total. The lowest BCUT2D eigenvalue weighted by Gasteiger charge is -2.10. The second-order valence-corrected chi connectivity index (χ2v) is 4.02. The average Bonchev–Trinajstić information content (AvgIpc) is 2.70. The lowest BCUT2D eigenvalue weighted by Crippen LogP contribution is -2.10. The Bertz CT molecular complexity index is 503. The molecule has 5 heteroatoms. The third kappa shape index (κ3) is 2.14. The number of hydrogen-bond acceptors (Lipinski definition) is 5. The lowest BCUT2D eigenvalue weighted by atomic mass is 10.1. The number of aliphatic hydroxyl groups is 1. The van der Waals surface area contributed by atoms with Crippen LogP contribution in [-0.4, -0.2) is 29.3 Å². The highest BCUT2D eigenvalue weighted by Gasteiger charge is 2.13. The van der Waals surface area contributed by atoms with E-state index in [1.807, 2.05) is 31.1 Å². The third-order valence-electron chi connectivity index (χ3n) is 2.62. The average molecular weight is 233 g/mol. The van der Waals surface area contributed by atoms with Gasteiger partial charge in [0.1, 0.15) is 17.3 Å². The van der Waals surface area contributed by atoms with Crippen LogP contribution in [0, 0.1) is 6.92 Å². The standard InChI is InChI=1S/C12H15N3O2/c1-8-10(7-16)12(14-17-8)9-4-5-11(13-6-9)15(2)3/h4-6,16H,7H2,1-3H3. The van der Waals surface area contributed by atoms with Gasteiger partial charge in [0, 0.05) is 31.4 Å². The van der Waals surface area contributed by atoms with Crippen LogP contribution in [0.15, 0.2) is 22.9 Å².